The average Bonchev–Trinajstić information content (AvgIpc) is 2.97. The Balaban J connectivity index is 2.11. The zero-order valence-corrected chi connectivity index (χ0v) is 27.2. The molecule has 2 amide bonds. The Bertz CT molecular complexity index is 1520. The van der Waals surface area contributed by atoms with Crippen LogP contribution in [0.2, 0.25) is 10.0 Å². The van der Waals surface area contributed by atoms with Crippen molar-refractivity contribution >= 4 is 50.7 Å². The second-order valence-corrected chi connectivity index (χ2v) is 12.8. The van der Waals surface area contributed by atoms with Crippen LogP contribution in [0.25, 0.3) is 0 Å². The van der Waals surface area contributed by atoms with Crippen LogP contribution in [0.15, 0.2) is 66.7 Å². The zero-order chi connectivity index (χ0) is 31.7. The lowest BCUT2D eigenvalue weighted by Crippen LogP contribution is -2.54. The van der Waals surface area contributed by atoms with E-state index in [0.29, 0.717) is 33.5 Å². The first-order chi connectivity index (χ1) is 20.4. The van der Waals surface area contributed by atoms with Crippen molar-refractivity contribution in [3.05, 3.63) is 87.9 Å². The van der Waals surface area contributed by atoms with Gasteiger partial charge in [0.25, 0.3) is 0 Å². The molecular formula is C31H37Cl2N3O6S. The predicted molar refractivity (Wildman–Crippen MR) is 171 cm³/mol. The molecule has 0 heterocycles. The maximum atomic E-state index is 14.2. The van der Waals surface area contributed by atoms with Gasteiger partial charge in [-0.3, -0.25) is 13.9 Å². The lowest BCUT2D eigenvalue weighted by atomic mass is 10.0. The molecule has 3 rings (SSSR count). The molecule has 9 nitrogen and oxygen atoms in total. The minimum absolute atomic E-state index is 0.0657. The molecule has 0 aliphatic carbocycles. The van der Waals surface area contributed by atoms with Crippen molar-refractivity contribution in [1.82, 2.24) is 10.2 Å². The van der Waals surface area contributed by atoms with Crippen LogP contribution >= 0.6 is 23.2 Å². The summed E-state index contributed by atoms with van der Waals surface area (Å²) in [7, 11) is -1.07. The van der Waals surface area contributed by atoms with Gasteiger partial charge < -0.3 is 19.7 Å². The molecule has 232 valence electrons. The molecular weight excluding hydrogens is 613 g/mol. The SMILES string of the molecule is CC[C@H](C)NC(=O)[C@H](Cc1ccccc1)N(Cc1ccc(Cl)cc1Cl)C(=O)CN(c1ccc(OC)c(OC)c1)S(C)(=O)=O. The highest BCUT2D eigenvalue weighted by atomic mass is 35.5. The summed E-state index contributed by atoms with van der Waals surface area (Å²) in [6.45, 7) is 3.17. The molecule has 0 radical (unpaired) electrons. The Morgan fingerprint density at radius 3 is 2.21 bits per heavy atom. The van der Waals surface area contributed by atoms with Crippen molar-refractivity contribution in [3.63, 3.8) is 0 Å². The number of sulfonamides is 1. The third kappa shape index (κ3) is 9.26. The van der Waals surface area contributed by atoms with Crippen molar-refractivity contribution in [2.24, 2.45) is 0 Å². The van der Waals surface area contributed by atoms with E-state index in [1.807, 2.05) is 44.2 Å². The van der Waals surface area contributed by atoms with Crippen molar-refractivity contribution in [1.29, 1.82) is 0 Å². The summed E-state index contributed by atoms with van der Waals surface area (Å²) in [6.07, 6.45) is 1.88. The number of nitrogens with zero attached hydrogens (tertiary/aromatic N) is 2. The number of hydrogen-bond donors (Lipinski definition) is 1. The monoisotopic (exact) mass is 649 g/mol. The summed E-state index contributed by atoms with van der Waals surface area (Å²) in [5, 5.41) is 3.72. The van der Waals surface area contributed by atoms with Gasteiger partial charge in [-0.15, -0.1) is 0 Å². The van der Waals surface area contributed by atoms with E-state index in [1.165, 1.54) is 31.3 Å². The van der Waals surface area contributed by atoms with E-state index in [-0.39, 0.29) is 30.6 Å². The maximum absolute atomic E-state index is 14.2. The molecule has 12 heteroatoms. The number of halogens is 2. The van der Waals surface area contributed by atoms with Gasteiger partial charge in [-0.05, 0) is 48.7 Å². The molecule has 0 aromatic heterocycles. The van der Waals surface area contributed by atoms with Crippen LogP contribution in [-0.2, 0) is 32.6 Å². The molecule has 0 aliphatic rings. The lowest BCUT2D eigenvalue weighted by molar-refractivity contribution is -0.140. The predicted octanol–water partition coefficient (Wildman–Crippen LogP) is 5.33. The topological polar surface area (TPSA) is 105 Å². The molecule has 2 atom stereocenters. The summed E-state index contributed by atoms with van der Waals surface area (Å²) in [5.41, 5.74) is 1.57. The summed E-state index contributed by atoms with van der Waals surface area (Å²) in [6, 6.07) is 17.6. The minimum Gasteiger partial charge on any atom is -0.493 e. The Labute approximate surface area is 263 Å². The van der Waals surface area contributed by atoms with Gasteiger partial charge >= 0.3 is 0 Å². The number of carbonyl (C=O) groups excluding carboxylic acids is 2. The Kier molecular flexibility index (Phi) is 12.1. The molecule has 0 saturated carbocycles. The van der Waals surface area contributed by atoms with Crippen LogP contribution in [-0.4, -0.2) is 64.2 Å². The number of amides is 2. The van der Waals surface area contributed by atoms with Gasteiger partial charge in [0.1, 0.15) is 12.6 Å². The molecule has 0 unspecified atom stereocenters. The summed E-state index contributed by atoms with van der Waals surface area (Å²) in [4.78, 5) is 29.4. The van der Waals surface area contributed by atoms with Gasteiger partial charge in [-0.1, -0.05) is 66.5 Å². The summed E-state index contributed by atoms with van der Waals surface area (Å²) < 4.78 is 37.7. The Hall–Kier alpha value is -3.47. The molecule has 3 aromatic rings. The highest BCUT2D eigenvalue weighted by molar-refractivity contribution is 7.92. The molecule has 1 N–H and O–H groups in total. The largest absolute Gasteiger partial charge is 0.493 e. The lowest BCUT2D eigenvalue weighted by Gasteiger charge is -2.34. The van der Waals surface area contributed by atoms with Crippen LogP contribution in [0.3, 0.4) is 0 Å². The van der Waals surface area contributed by atoms with E-state index in [4.69, 9.17) is 32.7 Å². The molecule has 0 bridgehead atoms. The van der Waals surface area contributed by atoms with Crippen LogP contribution in [0.5, 0.6) is 11.5 Å². The fraction of sp³-hybridized carbons (Fsp3) is 0.355. The fourth-order valence-electron chi connectivity index (χ4n) is 4.42. The fourth-order valence-corrected chi connectivity index (χ4v) is 5.73. The first-order valence-electron chi connectivity index (χ1n) is 13.6. The van der Waals surface area contributed by atoms with E-state index in [1.54, 1.807) is 24.3 Å². The van der Waals surface area contributed by atoms with E-state index >= 15 is 0 Å². The highest BCUT2D eigenvalue weighted by Gasteiger charge is 2.34. The smallest absolute Gasteiger partial charge is 0.244 e. The average molecular weight is 651 g/mol. The van der Waals surface area contributed by atoms with Crippen molar-refractivity contribution in [2.45, 2.75) is 45.3 Å². The van der Waals surface area contributed by atoms with Crippen molar-refractivity contribution in [3.8, 4) is 11.5 Å². The molecule has 0 saturated heterocycles. The standard InChI is InChI=1S/C31H37Cl2N3O6S/c1-6-21(2)34-31(38)27(16-22-10-8-7-9-11-22)35(19-23-12-13-24(32)17-26(23)33)30(37)20-36(43(5,39)40)25-14-15-28(41-3)29(18-25)42-4/h7-15,17-18,21,27H,6,16,19-20H2,1-5H3,(H,34,38)/t21-,27-/m0/s1. The maximum Gasteiger partial charge on any atom is 0.244 e. The minimum atomic E-state index is -3.96. The van der Waals surface area contributed by atoms with Gasteiger partial charge in [-0.25, -0.2) is 8.42 Å². The number of ether oxygens (including phenoxy) is 2. The van der Waals surface area contributed by atoms with Crippen molar-refractivity contribution in [2.75, 3.05) is 31.3 Å². The van der Waals surface area contributed by atoms with Crippen LogP contribution in [0.1, 0.15) is 31.4 Å². The number of hydrogen-bond acceptors (Lipinski definition) is 6. The molecule has 0 fully saturated rings. The quantitative estimate of drug-likeness (QED) is 0.253. The van der Waals surface area contributed by atoms with E-state index in [9.17, 15) is 18.0 Å². The number of benzene rings is 3. The zero-order valence-electron chi connectivity index (χ0n) is 24.8. The van der Waals surface area contributed by atoms with Gasteiger partial charge in [0, 0.05) is 35.1 Å². The molecule has 43 heavy (non-hydrogen) atoms. The summed E-state index contributed by atoms with van der Waals surface area (Å²) >= 11 is 12.6. The van der Waals surface area contributed by atoms with Crippen LogP contribution < -0.4 is 19.1 Å². The van der Waals surface area contributed by atoms with Gasteiger partial charge in [0.2, 0.25) is 21.8 Å². The van der Waals surface area contributed by atoms with E-state index in [0.717, 1.165) is 16.1 Å². The first-order valence-corrected chi connectivity index (χ1v) is 16.3. The number of rotatable bonds is 14. The second kappa shape index (κ2) is 15.3. The van der Waals surface area contributed by atoms with Gasteiger partial charge in [-0.2, -0.15) is 0 Å². The molecule has 0 aliphatic heterocycles. The van der Waals surface area contributed by atoms with Gasteiger partial charge in [0.15, 0.2) is 11.5 Å². The number of methoxy groups -OCH3 is 2. The Morgan fingerprint density at radius 2 is 1.63 bits per heavy atom. The normalized spacial score (nSPS) is 12.6. The number of anilines is 1. The first kappa shape index (κ1) is 34.0. The Morgan fingerprint density at radius 1 is 0.953 bits per heavy atom. The number of carbonyl (C=O) groups is 2. The second-order valence-electron chi connectivity index (χ2n) is 10.1. The molecule has 3 aromatic carbocycles. The van der Waals surface area contributed by atoms with Crippen LogP contribution in [0.4, 0.5) is 5.69 Å². The van der Waals surface area contributed by atoms with E-state index < -0.39 is 28.5 Å². The van der Waals surface area contributed by atoms with Crippen LogP contribution in [0, 0.1) is 0 Å². The number of nitrogens with one attached hydrogen (secondary N) is 1. The van der Waals surface area contributed by atoms with E-state index in [2.05, 4.69) is 5.32 Å². The van der Waals surface area contributed by atoms with Gasteiger partial charge in [0.05, 0.1) is 26.2 Å². The third-order valence-corrected chi connectivity index (χ3v) is 8.69. The summed E-state index contributed by atoms with van der Waals surface area (Å²) in [5.74, 6) is -0.282. The molecule has 0 spiro atoms. The third-order valence-electron chi connectivity index (χ3n) is 6.96. The highest BCUT2D eigenvalue weighted by Crippen LogP contribution is 2.33. The van der Waals surface area contributed by atoms with Crippen molar-refractivity contribution < 1.29 is 27.5 Å².